The second-order valence-corrected chi connectivity index (χ2v) is 4.97. The van der Waals surface area contributed by atoms with Crippen LogP contribution in [0.25, 0.3) is 0 Å². The molecule has 1 fully saturated rings. The number of carboxylic acid groups (broad SMARTS) is 1. The van der Waals surface area contributed by atoms with Gasteiger partial charge >= 0.3 is 5.97 Å². The summed E-state index contributed by atoms with van der Waals surface area (Å²) in [7, 11) is 0. The summed E-state index contributed by atoms with van der Waals surface area (Å²) in [6.07, 6.45) is 2.94. The number of carboxylic acids is 1. The van der Waals surface area contributed by atoms with E-state index in [4.69, 9.17) is 16.7 Å². The van der Waals surface area contributed by atoms with E-state index in [1.54, 1.807) is 0 Å². The van der Waals surface area contributed by atoms with Gasteiger partial charge in [-0.15, -0.1) is 0 Å². The molecule has 0 bridgehead atoms. The van der Waals surface area contributed by atoms with E-state index in [-0.39, 0.29) is 0 Å². The first-order chi connectivity index (χ1) is 8.56. The predicted molar refractivity (Wildman–Crippen MR) is 73.4 cm³/mol. The Morgan fingerprint density at radius 3 is 2.61 bits per heavy atom. The number of nitrogens with zero attached hydrogens (tertiary/aromatic N) is 1. The Hall–Kier alpha value is -1.48. The minimum atomic E-state index is -0.850. The van der Waals surface area contributed by atoms with Gasteiger partial charge in [0.2, 0.25) is 0 Å². The van der Waals surface area contributed by atoms with E-state index in [0.29, 0.717) is 0 Å². The monoisotopic (exact) mass is 265 g/mol. The van der Waals surface area contributed by atoms with Crippen LogP contribution < -0.4 is 4.90 Å². The summed E-state index contributed by atoms with van der Waals surface area (Å²) in [6, 6.07) is 6.05. The first kappa shape index (κ1) is 13.0. The van der Waals surface area contributed by atoms with Gasteiger partial charge in [-0.25, -0.2) is 4.79 Å². The van der Waals surface area contributed by atoms with Crippen molar-refractivity contribution in [3.05, 3.63) is 40.4 Å². The van der Waals surface area contributed by atoms with E-state index in [1.165, 1.54) is 6.08 Å². The molecule has 4 heteroatoms. The van der Waals surface area contributed by atoms with Crippen LogP contribution in [-0.2, 0) is 4.79 Å². The number of carbonyl (C=O) groups is 1. The van der Waals surface area contributed by atoms with Crippen LogP contribution in [0.15, 0.2) is 29.8 Å². The van der Waals surface area contributed by atoms with E-state index in [0.717, 1.165) is 47.8 Å². The second-order valence-electron chi connectivity index (χ2n) is 4.56. The summed E-state index contributed by atoms with van der Waals surface area (Å²) in [5, 5.41) is 9.49. The van der Waals surface area contributed by atoms with Gasteiger partial charge in [-0.1, -0.05) is 23.2 Å². The van der Waals surface area contributed by atoms with Crippen molar-refractivity contribution in [2.75, 3.05) is 18.0 Å². The highest BCUT2D eigenvalue weighted by Crippen LogP contribution is 2.26. The van der Waals surface area contributed by atoms with Crippen molar-refractivity contribution >= 4 is 23.3 Å². The molecule has 0 atom stereocenters. The van der Waals surface area contributed by atoms with Crippen molar-refractivity contribution in [2.45, 2.75) is 19.8 Å². The number of halogens is 1. The fourth-order valence-electron chi connectivity index (χ4n) is 2.15. The van der Waals surface area contributed by atoms with Gasteiger partial charge < -0.3 is 10.0 Å². The Labute approximate surface area is 112 Å². The Kier molecular flexibility index (Phi) is 3.92. The summed E-state index contributed by atoms with van der Waals surface area (Å²) in [4.78, 5) is 12.8. The van der Waals surface area contributed by atoms with Crippen LogP contribution in [0.1, 0.15) is 18.4 Å². The minimum Gasteiger partial charge on any atom is -0.478 e. The van der Waals surface area contributed by atoms with E-state index in [9.17, 15) is 4.79 Å². The Morgan fingerprint density at radius 1 is 1.39 bits per heavy atom. The first-order valence-corrected chi connectivity index (χ1v) is 6.37. The van der Waals surface area contributed by atoms with Crippen molar-refractivity contribution in [2.24, 2.45) is 0 Å². The zero-order chi connectivity index (χ0) is 13.1. The SMILES string of the molecule is Cc1ccc(N2CCC(=CC(=O)O)CC2)cc1Cl. The summed E-state index contributed by atoms with van der Waals surface area (Å²) in [5.41, 5.74) is 3.20. The van der Waals surface area contributed by atoms with Crippen LogP contribution in [0, 0.1) is 6.92 Å². The van der Waals surface area contributed by atoms with E-state index in [1.807, 2.05) is 19.1 Å². The maximum absolute atomic E-state index is 10.6. The zero-order valence-corrected chi connectivity index (χ0v) is 11.1. The maximum Gasteiger partial charge on any atom is 0.328 e. The number of aliphatic carboxylic acids is 1. The van der Waals surface area contributed by atoms with Crippen molar-refractivity contribution < 1.29 is 9.90 Å². The third-order valence-electron chi connectivity index (χ3n) is 3.25. The molecular weight excluding hydrogens is 250 g/mol. The number of rotatable bonds is 2. The maximum atomic E-state index is 10.6. The summed E-state index contributed by atoms with van der Waals surface area (Å²) in [6.45, 7) is 3.67. The van der Waals surface area contributed by atoms with Gasteiger partial charge in [0.05, 0.1) is 0 Å². The van der Waals surface area contributed by atoms with E-state index < -0.39 is 5.97 Å². The highest BCUT2D eigenvalue weighted by atomic mass is 35.5. The fourth-order valence-corrected chi connectivity index (χ4v) is 2.32. The van der Waals surface area contributed by atoms with Gasteiger partial charge in [-0.3, -0.25) is 0 Å². The van der Waals surface area contributed by atoms with Gasteiger partial charge in [0, 0.05) is 29.9 Å². The lowest BCUT2D eigenvalue weighted by Crippen LogP contribution is -2.30. The predicted octanol–water partition coefficient (Wildman–Crippen LogP) is 3.26. The Bertz CT molecular complexity index is 487. The number of aryl methyl sites for hydroxylation is 1. The molecule has 1 N–H and O–H groups in total. The molecule has 0 amide bonds. The van der Waals surface area contributed by atoms with Crippen LogP contribution in [0.2, 0.25) is 5.02 Å². The lowest BCUT2D eigenvalue weighted by atomic mass is 10.0. The molecule has 2 rings (SSSR count). The van der Waals surface area contributed by atoms with Crippen LogP contribution in [0.3, 0.4) is 0 Å². The van der Waals surface area contributed by atoms with Crippen molar-refractivity contribution in [1.82, 2.24) is 0 Å². The van der Waals surface area contributed by atoms with E-state index >= 15 is 0 Å². The molecule has 0 radical (unpaired) electrons. The molecule has 1 heterocycles. The molecule has 3 nitrogen and oxygen atoms in total. The Morgan fingerprint density at radius 2 is 2.06 bits per heavy atom. The molecule has 0 saturated carbocycles. The molecule has 0 aromatic heterocycles. The van der Waals surface area contributed by atoms with Crippen LogP contribution >= 0.6 is 11.6 Å². The smallest absolute Gasteiger partial charge is 0.328 e. The third kappa shape index (κ3) is 3.05. The number of hydrogen-bond acceptors (Lipinski definition) is 2. The normalized spacial score (nSPS) is 15.7. The van der Waals surface area contributed by atoms with Gasteiger partial charge in [-0.2, -0.15) is 0 Å². The summed E-state index contributed by atoms with van der Waals surface area (Å²) in [5.74, 6) is -0.850. The van der Waals surface area contributed by atoms with Crippen molar-refractivity contribution in [1.29, 1.82) is 0 Å². The molecule has 18 heavy (non-hydrogen) atoms. The number of anilines is 1. The average Bonchev–Trinajstić information content (AvgIpc) is 2.33. The summed E-state index contributed by atoms with van der Waals surface area (Å²) >= 11 is 6.11. The molecule has 0 spiro atoms. The molecule has 0 unspecified atom stereocenters. The van der Waals surface area contributed by atoms with Gasteiger partial charge in [0.15, 0.2) is 0 Å². The lowest BCUT2D eigenvalue weighted by molar-refractivity contribution is -0.131. The van der Waals surface area contributed by atoms with Gasteiger partial charge in [-0.05, 0) is 37.5 Å². The second kappa shape index (κ2) is 5.44. The first-order valence-electron chi connectivity index (χ1n) is 6.00. The number of piperidine rings is 1. The molecule has 1 aliphatic rings. The van der Waals surface area contributed by atoms with Crippen LogP contribution in [0.5, 0.6) is 0 Å². The molecule has 1 aliphatic heterocycles. The topological polar surface area (TPSA) is 40.5 Å². The molecule has 0 aliphatic carbocycles. The molecular formula is C14H16ClNO2. The molecule has 1 aromatic carbocycles. The van der Waals surface area contributed by atoms with Crippen LogP contribution in [0.4, 0.5) is 5.69 Å². The highest BCUT2D eigenvalue weighted by molar-refractivity contribution is 6.31. The largest absolute Gasteiger partial charge is 0.478 e. The summed E-state index contributed by atoms with van der Waals surface area (Å²) < 4.78 is 0. The number of benzene rings is 1. The number of hydrogen-bond donors (Lipinski definition) is 1. The fraction of sp³-hybridized carbons (Fsp3) is 0.357. The van der Waals surface area contributed by atoms with Crippen molar-refractivity contribution in [3.63, 3.8) is 0 Å². The van der Waals surface area contributed by atoms with Gasteiger partial charge in [0.1, 0.15) is 0 Å². The average molecular weight is 266 g/mol. The zero-order valence-electron chi connectivity index (χ0n) is 10.3. The Balaban J connectivity index is 2.05. The quantitative estimate of drug-likeness (QED) is 0.835. The van der Waals surface area contributed by atoms with Crippen molar-refractivity contribution in [3.8, 4) is 0 Å². The molecule has 96 valence electrons. The van der Waals surface area contributed by atoms with E-state index in [2.05, 4.69) is 11.0 Å². The van der Waals surface area contributed by atoms with Gasteiger partial charge in [0.25, 0.3) is 0 Å². The molecule has 1 aromatic rings. The van der Waals surface area contributed by atoms with Crippen LogP contribution in [-0.4, -0.2) is 24.2 Å². The minimum absolute atomic E-state index is 0.777. The molecule has 1 saturated heterocycles. The lowest BCUT2D eigenvalue weighted by Gasteiger charge is -2.30. The third-order valence-corrected chi connectivity index (χ3v) is 3.66. The standard InChI is InChI=1S/C14H16ClNO2/c1-10-2-3-12(9-13(10)15)16-6-4-11(5-7-16)8-14(17)18/h2-3,8-9H,4-7H2,1H3,(H,17,18). The highest BCUT2D eigenvalue weighted by Gasteiger charge is 2.15.